The number of hydrogen-bond acceptors (Lipinski definition) is 4. The molecule has 0 fully saturated rings. The van der Waals surface area contributed by atoms with E-state index in [0.29, 0.717) is 17.9 Å². The number of phenols is 1. The molecule has 0 aliphatic carbocycles. The van der Waals surface area contributed by atoms with Gasteiger partial charge in [0.05, 0.1) is 0 Å². The Hall–Kier alpha value is -1.16. The quantitative estimate of drug-likeness (QED) is 0.567. The van der Waals surface area contributed by atoms with Gasteiger partial charge in [-0.2, -0.15) is 12.6 Å². The van der Waals surface area contributed by atoms with E-state index in [-0.39, 0.29) is 10.8 Å². The molecular formula is C21H33O3S-. The van der Waals surface area contributed by atoms with Crippen molar-refractivity contribution in [2.45, 2.75) is 78.1 Å². The highest BCUT2D eigenvalue weighted by atomic mass is 32.1. The minimum Gasteiger partial charge on any atom is -0.550 e. The monoisotopic (exact) mass is 365 g/mol. The van der Waals surface area contributed by atoms with Crippen molar-refractivity contribution in [3.63, 3.8) is 0 Å². The Labute approximate surface area is 158 Å². The third-order valence-corrected chi connectivity index (χ3v) is 5.05. The van der Waals surface area contributed by atoms with Crippen LogP contribution in [0.3, 0.4) is 0 Å². The van der Waals surface area contributed by atoms with Crippen molar-refractivity contribution in [3.05, 3.63) is 28.8 Å². The van der Waals surface area contributed by atoms with Gasteiger partial charge >= 0.3 is 0 Å². The highest BCUT2D eigenvalue weighted by molar-refractivity contribution is 7.80. The van der Waals surface area contributed by atoms with Crippen LogP contribution in [0, 0.1) is 5.92 Å². The molecule has 0 aliphatic heterocycles. The zero-order valence-corrected chi connectivity index (χ0v) is 17.4. The molecule has 0 radical (unpaired) electrons. The number of carboxylic acid groups (broad SMARTS) is 1. The van der Waals surface area contributed by atoms with Crippen LogP contribution in [0.5, 0.6) is 5.75 Å². The molecule has 1 unspecified atom stereocenters. The fraction of sp³-hybridized carbons (Fsp3) is 0.667. The maximum Gasteiger partial charge on any atom is 0.123 e. The summed E-state index contributed by atoms with van der Waals surface area (Å²) < 4.78 is 0. The van der Waals surface area contributed by atoms with Crippen molar-refractivity contribution in [3.8, 4) is 5.75 Å². The van der Waals surface area contributed by atoms with Gasteiger partial charge in [-0.3, -0.25) is 0 Å². The first kappa shape index (κ1) is 21.9. The molecule has 0 spiro atoms. The fourth-order valence-corrected chi connectivity index (χ4v) is 3.32. The molecule has 4 heteroatoms. The fourth-order valence-electron chi connectivity index (χ4n) is 2.99. The summed E-state index contributed by atoms with van der Waals surface area (Å²) in [5.41, 5.74) is 2.87. The van der Waals surface area contributed by atoms with E-state index < -0.39 is 11.9 Å². The number of aliphatic carboxylic acids is 1. The van der Waals surface area contributed by atoms with Crippen LogP contribution in [0.1, 0.15) is 77.5 Å². The lowest BCUT2D eigenvalue weighted by molar-refractivity contribution is -0.310. The van der Waals surface area contributed by atoms with Crippen molar-refractivity contribution in [2.24, 2.45) is 5.92 Å². The lowest BCUT2D eigenvalue weighted by atomic mass is 9.78. The summed E-state index contributed by atoms with van der Waals surface area (Å²) in [6.45, 7) is 12.6. The van der Waals surface area contributed by atoms with E-state index in [9.17, 15) is 15.0 Å². The predicted octanol–water partition coefficient (Wildman–Crippen LogP) is 4.00. The number of carbonyl (C=O) groups excluding carboxylic acids is 1. The topological polar surface area (TPSA) is 60.4 Å². The second-order valence-electron chi connectivity index (χ2n) is 8.98. The standard InChI is InChI=1S/C21H34O3S/c1-20(2,3)16-11-14(12-17(18(16)22)21(4,5)6)9-7-8-10-15(13-25)19(23)24/h11-12,15,22,25H,7-10,13H2,1-6H3,(H,23,24)/p-1. The molecule has 25 heavy (non-hydrogen) atoms. The summed E-state index contributed by atoms with van der Waals surface area (Å²) in [5.74, 6) is -0.761. The molecule has 1 N–H and O–H groups in total. The number of carboxylic acids is 1. The van der Waals surface area contributed by atoms with Crippen LogP contribution in [0.25, 0.3) is 0 Å². The Bertz CT molecular complexity index is 559. The molecule has 0 saturated heterocycles. The van der Waals surface area contributed by atoms with Crippen LogP contribution < -0.4 is 5.11 Å². The Morgan fingerprint density at radius 2 is 1.56 bits per heavy atom. The number of aromatic hydroxyl groups is 1. The molecule has 1 rings (SSSR count). The molecular weight excluding hydrogens is 332 g/mol. The lowest BCUT2D eigenvalue weighted by Gasteiger charge is -2.28. The van der Waals surface area contributed by atoms with Gasteiger partial charge in [0, 0.05) is 11.9 Å². The maximum atomic E-state index is 11.0. The minimum absolute atomic E-state index is 0.133. The first-order valence-electron chi connectivity index (χ1n) is 9.06. The summed E-state index contributed by atoms with van der Waals surface area (Å²) in [6.07, 6.45) is 3.21. The van der Waals surface area contributed by atoms with Crippen molar-refractivity contribution in [1.29, 1.82) is 0 Å². The second-order valence-corrected chi connectivity index (χ2v) is 9.35. The van der Waals surface area contributed by atoms with Gasteiger partial charge in [0.2, 0.25) is 0 Å². The number of aryl methyl sites for hydroxylation is 1. The van der Waals surface area contributed by atoms with Crippen molar-refractivity contribution in [2.75, 3.05) is 5.75 Å². The van der Waals surface area contributed by atoms with Gasteiger partial charge in [-0.25, -0.2) is 0 Å². The van der Waals surface area contributed by atoms with Crippen LogP contribution in [-0.4, -0.2) is 16.8 Å². The van der Waals surface area contributed by atoms with E-state index in [2.05, 4.69) is 66.3 Å². The molecule has 1 aromatic carbocycles. The first-order valence-corrected chi connectivity index (χ1v) is 9.69. The Morgan fingerprint density at radius 3 is 1.92 bits per heavy atom. The average Bonchev–Trinajstić information content (AvgIpc) is 2.45. The number of thiol groups is 1. The predicted molar refractivity (Wildman–Crippen MR) is 105 cm³/mol. The Balaban J connectivity index is 2.95. The van der Waals surface area contributed by atoms with Gasteiger partial charge in [-0.1, -0.05) is 60.1 Å². The van der Waals surface area contributed by atoms with Gasteiger partial charge in [-0.15, -0.1) is 0 Å². The van der Waals surface area contributed by atoms with Crippen LogP contribution in [0.15, 0.2) is 12.1 Å². The number of phenolic OH excluding ortho intramolecular Hbond substituents is 1. The zero-order valence-electron chi connectivity index (χ0n) is 16.5. The maximum absolute atomic E-state index is 11.0. The number of unbranched alkanes of at least 4 members (excludes halogenated alkanes) is 1. The molecule has 0 aromatic heterocycles. The summed E-state index contributed by atoms with van der Waals surface area (Å²) in [4.78, 5) is 11.0. The van der Waals surface area contributed by atoms with E-state index in [1.807, 2.05) is 0 Å². The number of carbonyl (C=O) groups is 1. The molecule has 0 amide bonds. The van der Waals surface area contributed by atoms with Crippen LogP contribution in [-0.2, 0) is 22.0 Å². The molecule has 1 aromatic rings. The largest absolute Gasteiger partial charge is 0.550 e. The lowest BCUT2D eigenvalue weighted by Crippen LogP contribution is -2.32. The zero-order chi connectivity index (χ0) is 19.4. The highest BCUT2D eigenvalue weighted by Gasteiger charge is 2.26. The summed E-state index contributed by atoms with van der Waals surface area (Å²) in [7, 11) is 0. The molecule has 3 nitrogen and oxygen atoms in total. The van der Waals surface area contributed by atoms with E-state index >= 15 is 0 Å². The van der Waals surface area contributed by atoms with Gasteiger partial charge in [0.1, 0.15) is 5.75 Å². The van der Waals surface area contributed by atoms with Gasteiger partial charge in [-0.05, 0) is 52.5 Å². The van der Waals surface area contributed by atoms with Crippen molar-refractivity contribution < 1.29 is 15.0 Å². The van der Waals surface area contributed by atoms with E-state index in [0.717, 1.165) is 30.4 Å². The third-order valence-electron chi connectivity index (χ3n) is 4.61. The normalized spacial score (nSPS) is 13.7. The molecule has 142 valence electrons. The van der Waals surface area contributed by atoms with Crippen molar-refractivity contribution in [1.82, 2.24) is 0 Å². The van der Waals surface area contributed by atoms with E-state index in [1.165, 1.54) is 5.56 Å². The smallest absolute Gasteiger partial charge is 0.123 e. The van der Waals surface area contributed by atoms with Gasteiger partial charge < -0.3 is 15.0 Å². The highest BCUT2D eigenvalue weighted by Crippen LogP contribution is 2.40. The van der Waals surface area contributed by atoms with Crippen molar-refractivity contribution >= 4 is 18.6 Å². The van der Waals surface area contributed by atoms with E-state index in [4.69, 9.17) is 0 Å². The first-order chi connectivity index (χ1) is 11.4. The van der Waals surface area contributed by atoms with Crippen LogP contribution >= 0.6 is 12.6 Å². The number of benzene rings is 1. The van der Waals surface area contributed by atoms with Gasteiger partial charge in [0.25, 0.3) is 0 Å². The van der Waals surface area contributed by atoms with Gasteiger partial charge in [0.15, 0.2) is 0 Å². The molecule has 0 heterocycles. The molecule has 0 aliphatic rings. The number of hydrogen-bond donors (Lipinski definition) is 2. The minimum atomic E-state index is -1.01. The molecule has 1 atom stereocenters. The third kappa shape index (κ3) is 6.25. The summed E-state index contributed by atoms with van der Waals surface area (Å²) >= 11 is 4.08. The second kappa shape index (κ2) is 8.48. The summed E-state index contributed by atoms with van der Waals surface area (Å²) in [5, 5.41) is 21.7. The molecule has 0 bridgehead atoms. The Morgan fingerprint density at radius 1 is 1.08 bits per heavy atom. The van der Waals surface area contributed by atoms with Crippen LogP contribution in [0.4, 0.5) is 0 Å². The van der Waals surface area contributed by atoms with E-state index in [1.54, 1.807) is 0 Å². The summed E-state index contributed by atoms with van der Waals surface area (Å²) in [6, 6.07) is 4.19. The SMILES string of the molecule is CC(C)(C)c1cc(CCCCC(CS)C(=O)[O-])cc(C(C)(C)C)c1O. The average molecular weight is 366 g/mol. The van der Waals surface area contributed by atoms with Crippen LogP contribution in [0.2, 0.25) is 0 Å². The molecule has 0 saturated carbocycles. The number of rotatable bonds is 7. The Kier molecular flexibility index (Phi) is 7.42.